The molecule has 4 aromatic carbocycles. The molecule has 5 aromatic rings. The zero-order valence-electron chi connectivity index (χ0n) is 37.2. The molecule has 1 fully saturated rings. The van der Waals surface area contributed by atoms with Gasteiger partial charge in [-0.25, -0.2) is 9.59 Å². The van der Waals surface area contributed by atoms with Crippen molar-refractivity contribution in [3.8, 4) is 5.75 Å². The molecule has 4 heterocycles. The highest BCUT2D eigenvalue weighted by Crippen LogP contribution is 2.52. The van der Waals surface area contributed by atoms with E-state index in [0.717, 1.165) is 61.6 Å². The molecule has 4 unspecified atom stereocenters. The van der Waals surface area contributed by atoms with Crippen molar-refractivity contribution in [2.24, 2.45) is 11.8 Å². The van der Waals surface area contributed by atoms with Crippen LogP contribution in [0.1, 0.15) is 116 Å². The number of fused-ring (bicyclic) bond motifs is 13. The third-order valence-corrected chi connectivity index (χ3v) is 13.7. The van der Waals surface area contributed by atoms with Gasteiger partial charge in [0.05, 0.1) is 18.8 Å². The SMILES string of the molecule is CC(C)=C1CCc2ccc(cc2)CC(CCc2cccc(Cc3ccccc3)c2)CC(=O)OC2c3c(ccc4c(CO)c(CCOCO)c(=O)oc34)OC(C)(C3CCCC3)C2OC1=O. The van der Waals surface area contributed by atoms with Crippen LogP contribution in [0.4, 0.5) is 0 Å². The van der Waals surface area contributed by atoms with E-state index in [-0.39, 0.29) is 48.0 Å². The first-order valence-electron chi connectivity index (χ1n) is 22.9. The zero-order valence-corrected chi connectivity index (χ0v) is 37.2. The van der Waals surface area contributed by atoms with Crippen LogP contribution in [-0.4, -0.2) is 47.3 Å². The van der Waals surface area contributed by atoms with Gasteiger partial charge in [-0.2, -0.15) is 0 Å². The van der Waals surface area contributed by atoms with Crippen LogP contribution < -0.4 is 10.4 Å². The van der Waals surface area contributed by atoms with Gasteiger partial charge in [-0.3, -0.25) is 4.79 Å². The van der Waals surface area contributed by atoms with E-state index >= 15 is 0 Å². The Morgan fingerprint density at radius 3 is 2.25 bits per heavy atom. The van der Waals surface area contributed by atoms with E-state index in [2.05, 4.69) is 72.8 Å². The van der Waals surface area contributed by atoms with Gasteiger partial charge in [0.15, 0.2) is 12.2 Å². The lowest BCUT2D eigenvalue weighted by molar-refractivity contribution is -0.199. The summed E-state index contributed by atoms with van der Waals surface area (Å²) in [5.74, 6) is -0.756. The predicted octanol–water partition coefficient (Wildman–Crippen LogP) is 9.39. The number of aliphatic hydroxyl groups is 2. The number of allylic oxidation sites excluding steroid dienone is 1. The molecule has 10 heteroatoms. The standard InChI is InChI=1S/C54H60O10/c1-34(2)42-23-22-35-16-18-38(19-17-35)30-40(21-20-37-12-9-13-39(29-37)28-36-10-5-4-6-11-36)31-47(57)61-50-48-46(64-54(3,41-14-7-8-15-41)51(50)63-52(42)58)25-24-43-45(32-55)44(26-27-60-33-56)53(59)62-49(43)48/h4-6,9-13,16-19,24-25,29,40-41,50-51,55-56H,7-8,14-15,20-23,26-28,30-33H2,1-3H3. The summed E-state index contributed by atoms with van der Waals surface area (Å²) in [5.41, 5.74) is 6.34. The summed E-state index contributed by atoms with van der Waals surface area (Å²) in [6, 6.07) is 31.0. The number of hydrogen-bond acceptors (Lipinski definition) is 10. The van der Waals surface area contributed by atoms with Gasteiger partial charge in [0.25, 0.3) is 0 Å². The molecule has 64 heavy (non-hydrogen) atoms. The van der Waals surface area contributed by atoms with Crippen LogP contribution in [0.5, 0.6) is 5.75 Å². The molecule has 1 saturated carbocycles. The third-order valence-electron chi connectivity index (χ3n) is 13.7. The van der Waals surface area contributed by atoms with Crippen molar-refractivity contribution in [3.05, 3.63) is 157 Å². The maximum Gasteiger partial charge on any atom is 0.339 e. The Labute approximate surface area is 375 Å². The largest absolute Gasteiger partial charge is 0.483 e. The fourth-order valence-electron chi connectivity index (χ4n) is 10.2. The first-order chi connectivity index (χ1) is 31.0. The Balaban J connectivity index is 1.21. The van der Waals surface area contributed by atoms with Gasteiger partial charge in [-0.1, -0.05) is 97.3 Å². The Bertz CT molecular complexity index is 2530. The van der Waals surface area contributed by atoms with Gasteiger partial charge in [0.1, 0.15) is 23.7 Å². The lowest BCUT2D eigenvalue weighted by atomic mass is 9.76. The molecule has 1 aliphatic carbocycles. The number of rotatable bonds is 11. The molecular formula is C54H60O10. The number of hydrogen-bond donors (Lipinski definition) is 2. The molecule has 10 nitrogen and oxygen atoms in total. The summed E-state index contributed by atoms with van der Waals surface area (Å²) >= 11 is 0. The van der Waals surface area contributed by atoms with Crippen molar-refractivity contribution in [1.82, 2.24) is 0 Å². The quantitative estimate of drug-likeness (QED) is 0.0434. The molecule has 4 aliphatic rings. The van der Waals surface area contributed by atoms with Crippen LogP contribution in [0.25, 0.3) is 11.0 Å². The summed E-state index contributed by atoms with van der Waals surface area (Å²) in [6.45, 7) is 4.78. The maximum atomic E-state index is 14.8. The minimum absolute atomic E-state index is 0.0305. The second kappa shape index (κ2) is 20.1. The van der Waals surface area contributed by atoms with Gasteiger partial charge in [0.2, 0.25) is 0 Å². The number of carbonyl (C=O) groups is 2. The molecule has 0 saturated heterocycles. The van der Waals surface area contributed by atoms with E-state index in [4.69, 9.17) is 23.4 Å². The number of carbonyl (C=O) groups excluding carboxylic acids is 2. The molecular weight excluding hydrogens is 809 g/mol. The molecule has 4 atom stereocenters. The average molecular weight is 869 g/mol. The molecule has 3 aliphatic heterocycles. The van der Waals surface area contributed by atoms with Crippen molar-refractivity contribution in [1.29, 1.82) is 0 Å². The minimum atomic E-state index is -1.22. The number of esters is 2. The highest BCUT2D eigenvalue weighted by Gasteiger charge is 2.57. The topological polar surface area (TPSA) is 142 Å². The predicted molar refractivity (Wildman–Crippen MR) is 244 cm³/mol. The second-order valence-electron chi connectivity index (χ2n) is 18.2. The molecule has 0 radical (unpaired) electrons. The van der Waals surface area contributed by atoms with Gasteiger partial charge in [-0.15, -0.1) is 0 Å². The van der Waals surface area contributed by atoms with Crippen LogP contribution in [-0.2, 0) is 62.5 Å². The van der Waals surface area contributed by atoms with Crippen molar-refractivity contribution < 1.29 is 43.2 Å². The van der Waals surface area contributed by atoms with Gasteiger partial charge in [0, 0.05) is 35.3 Å². The van der Waals surface area contributed by atoms with E-state index < -0.39 is 48.8 Å². The lowest BCUT2D eigenvalue weighted by Gasteiger charge is -2.48. The fraction of sp³-hybridized carbons (Fsp3) is 0.426. The number of aryl methyl sites for hydroxylation is 2. The summed E-state index contributed by atoms with van der Waals surface area (Å²) < 4.78 is 31.7. The Morgan fingerprint density at radius 1 is 0.781 bits per heavy atom. The summed E-state index contributed by atoms with van der Waals surface area (Å²) in [6.07, 6.45) is 5.51. The van der Waals surface area contributed by atoms with Crippen LogP contribution in [0, 0.1) is 11.8 Å². The Morgan fingerprint density at radius 2 is 1.52 bits per heavy atom. The average Bonchev–Trinajstić information content (AvgIpc) is 3.84. The minimum Gasteiger partial charge on any atom is -0.483 e. The van der Waals surface area contributed by atoms with Crippen molar-refractivity contribution in [2.45, 2.75) is 122 Å². The van der Waals surface area contributed by atoms with Crippen LogP contribution >= 0.6 is 0 Å². The van der Waals surface area contributed by atoms with Crippen LogP contribution in [0.15, 0.2) is 111 Å². The number of benzene rings is 4. The molecule has 2 bridgehead atoms. The van der Waals surface area contributed by atoms with E-state index in [1.54, 1.807) is 12.1 Å². The highest BCUT2D eigenvalue weighted by molar-refractivity contribution is 5.90. The van der Waals surface area contributed by atoms with E-state index in [9.17, 15) is 24.6 Å². The first kappa shape index (κ1) is 45.0. The summed E-state index contributed by atoms with van der Waals surface area (Å²) in [5, 5.41) is 20.4. The maximum absolute atomic E-state index is 14.8. The molecule has 2 N–H and O–H groups in total. The second-order valence-corrected chi connectivity index (χ2v) is 18.2. The number of ether oxygens (including phenoxy) is 4. The van der Waals surface area contributed by atoms with Crippen LogP contribution in [0.3, 0.4) is 0 Å². The fourth-order valence-corrected chi connectivity index (χ4v) is 10.2. The third kappa shape index (κ3) is 9.89. The van der Waals surface area contributed by atoms with Gasteiger partial charge < -0.3 is 33.6 Å². The molecule has 9 rings (SSSR count). The smallest absolute Gasteiger partial charge is 0.339 e. The van der Waals surface area contributed by atoms with Crippen LogP contribution in [0.2, 0.25) is 0 Å². The van der Waals surface area contributed by atoms with Crippen molar-refractivity contribution in [3.63, 3.8) is 0 Å². The van der Waals surface area contributed by atoms with Gasteiger partial charge in [-0.05, 0) is 124 Å². The number of aliphatic hydroxyl groups excluding tert-OH is 2. The Kier molecular flexibility index (Phi) is 14.1. The van der Waals surface area contributed by atoms with Gasteiger partial charge >= 0.3 is 17.6 Å². The van der Waals surface area contributed by atoms with E-state index in [1.807, 2.05) is 26.8 Å². The van der Waals surface area contributed by atoms with Crippen molar-refractivity contribution in [2.75, 3.05) is 13.4 Å². The molecule has 0 amide bonds. The normalized spacial score (nSPS) is 21.8. The zero-order chi connectivity index (χ0) is 44.8. The first-order valence-corrected chi connectivity index (χ1v) is 22.9. The Hall–Kier alpha value is -5.55. The summed E-state index contributed by atoms with van der Waals surface area (Å²) in [4.78, 5) is 43.3. The molecule has 336 valence electrons. The molecule has 0 spiro atoms. The summed E-state index contributed by atoms with van der Waals surface area (Å²) in [7, 11) is 0. The van der Waals surface area contributed by atoms with E-state index in [1.165, 1.54) is 16.7 Å². The highest BCUT2D eigenvalue weighted by atomic mass is 16.6. The molecule has 1 aromatic heterocycles. The van der Waals surface area contributed by atoms with Crippen molar-refractivity contribution >= 4 is 22.9 Å². The van der Waals surface area contributed by atoms with E-state index in [0.29, 0.717) is 41.5 Å². The lowest BCUT2D eigenvalue weighted by Crippen LogP contribution is -2.58. The monoisotopic (exact) mass is 868 g/mol.